The Morgan fingerprint density at radius 1 is 1.24 bits per heavy atom. The number of nitrogens with zero attached hydrogens (tertiary/aromatic N) is 3. The summed E-state index contributed by atoms with van der Waals surface area (Å²) in [6.45, 7) is 1.74. The van der Waals surface area contributed by atoms with Crippen molar-refractivity contribution < 1.29 is 4.73 Å². The van der Waals surface area contributed by atoms with Gasteiger partial charge in [-0.3, -0.25) is 0 Å². The number of hydrogen-bond donors (Lipinski definition) is 0. The normalized spacial score (nSPS) is 10.9. The van der Waals surface area contributed by atoms with Crippen molar-refractivity contribution in [3.05, 3.63) is 57.8 Å². The van der Waals surface area contributed by atoms with E-state index in [0.29, 0.717) is 21.1 Å². The Balaban J connectivity index is 2.29. The third-order valence-corrected chi connectivity index (χ3v) is 2.53. The van der Waals surface area contributed by atoms with Gasteiger partial charge in [0, 0.05) is 5.02 Å². The van der Waals surface area contributed by atoms with E-state index in [0.717, 1.165) is 11.9 Å². The minimum atomic E-state index is 0.481. The smallest absolute Gasteiger partial charge is 0.318 e. The molecule has 0 amide bonds. The second-order valence-corrected chi connectivity index (χ2v) is 3.95. The Bertz CT molecular complexity index is 532. The Labute approximate surface area is 104 Å². The number of benzene rings is 1. The lowest BCUT2D eigenvalue weighted by atomic mass is 10.2. The lowest BCUT2D eigenvalue weighted by molar-refractivity contribution is -0.612. The molecule has 0 N–H and O–H groups in total. The van der Waals surface area contributed by atoms with E-state index in [1.807, 2.05) is 18.2 Å². The molecule has 0 bridgehead atoms. The lowest BCUT2D eigenvalue weighted by Gasteiger charge is -2.04. The van der Waals surface area contributed by atoms with E-state index in [9.17, 15) is 5.21 Å². The molecule has 0 spiro atoms. The Kier molecular flexibility index (Phi) is 3.35. The third-order valence-electron chi connectivity index (χ3n) is 2.28. The fourth-order valence-electron chi connectivity index (χ4n) is 1.38. The molecule has 4 nitrogen and oxygen atoms in total. The molecule has 86 valence electrons. The Hall–Kier alpha value is -1.94. The van der Waals surface area contributed by atoms with E-state index in [4.69, 9.17) is 11.6 Å². The Morgan fingerprint density at radius 3 is 2.59 bits per heavy atom. The first-order valence-corrected chi connectivity index (χ1v) is 5.40. The highest BCUT2D eigenvalue weighted by Gasteiger charge is 2.04. The highest BCUT2D eigenvalue weighted by atomic mass is 35.5. The van der Waals surface area contributed by atoms with Crippen LogP contribution in [0.4, 0.5) is 0 Å². The second kappa shape index (κ2) is 4.93. The number of aryl methyl sites for hydroxylation is 1. The predicted molar refractivity (Wildman–Crippen MR) is 66.1 cm³/mol. The fourth-order valence-corrected chi connectivity index (χ4v) is 1.50. The molecular weight excluding hydrogens is 238 g/mol. The zero-order valence-corrected chi connectivity index (χ0v) is 9.93. The number of aromatic nitrogens is 3. The van der Waals surface area contributed by atoms with Crippen molar-refractivity contribution >= 4 is 23.8 Å². The Morgan fingerprint density at radius 2 is 1.94 bits per heavy atom. The molecule has 0 fully saturated rings. The number of halogens is 1. The number of rotatable bonds is 2. The van der Waals surface area contributed by atoms with E-state index < -0.39 is 0 Å². The maximum atomic E-state index is 11.5. The molecule has 0 aliphatic heterocycles. The second-order valence-electron chi connectivity index (χ2n) is 3.51. The summed E-state index contributed by atoms with van der Waals surface area (Å²) in [7, 11) is 0. The van der Waals surface area contributed by atoms with E-state index in [1.165, 1.54) is 0 Å². The molecule has 0 aliphatic rings. The van der Waals surface area contributed by atoms with Crippen LogP contribution in [0.3, 0.4) is 0 Å². The zero-order valence-electron chi connectivity index (χ0n) is 9.17. The predicted octanol–water partition coefficient (Wildman–Crippen LogP) is 2.24. The van der Waals surface area contributed by atoms with Gasteiger partial charge in [-0.15, -0.1) is 0 Å². The summed E-state index contributed by atoms with van der Waals surface area (Å²) >= 11 is 5.78. The molecular formula is C12H10ClN3O. The first-order valence-electron chi connectivity index (χ1n) is 5.02. The minimum Gasteiger partial charge on any atom is -0.710 e. The maximum Gasteiger partial charge on any atom is 0.318 e. The molecule has 5 heteroatoms. The van der Waals surface area contributed by atoms with Crippen LogP contribution in [0.5, 0.6) is 0 Å². The van der Waals surface area contributed by atoms with Crippen LogP contribution in [0.1, 0.15) is 17.0 Å². The molecule has 1 aromatic heterocycles. The van der Waals surface area contributed by atoms with Crippen LogP contribution in [0.25, 0.3) is 12.2 Å². The van der Waals surface area contributed by atoms with Gasteiger partial charge in [0.25, 0.3) is 0 Å². The standard InChI is InChI=1S/C12H10ClN3O/c1-9-12(16(17)8-14-15-9)7-4-10-2-5-11(13)6-3-10/h2-8H,1H3/b7-4+. The summed E-state index contributed by atoms with van der Waals surface area (Å²) < 4.78 is 0.689. The summed E-state index contributed by atoms with van der Waals surface area (Å²) in [6, 6.07) is 7.34. The highest BCUT2D eigenvalue weighted by molar-refractivity contribution is 6.30. The average Bonchev–Trinajstić information content (AvgIpc) is 2.31. The van der Waals surface area contributed by atoms with Crippen molar-refractivity contribution in [3.63, 3.8) is 0 Å². The van der Waals surface area contributed by atoms with Gasteiger partial charge in [-0.25, -0.2) is 4.73 Å². The maximum absolute atomic E-state index is 11.5. The van der Waals surface area contributed by atoms with E-state index in [2.05, 4.69) is 10.2 Å². The average molecular weight is 248 g/mol. The van der Waals surface area contributed by atoms with Gasteiger partial charge in [0.15, 0.2) is 5.69 Å². The van der Waals surface area contributed by atoms with Crippen LogP contribution < -0.4 is 4.73 Å². The first kappa shape index (κ1) is 11.5. The molecule has 2 aromatic rings. The summed E-state index contributed by atoms with van der Waals surface area (Å²) in [5, 5.41) is 19.5. The largest absolute Gasteiger partial charge is 0.710 e. The van der Waals surface area contributed by atoms with Gasteiger partial charge in [0.05, 0.1) is 5.10 Å². The molecule has 0 atom stereocenters. The van der Waals surface area contributed by atoms with Crippen LogP contribution >= 0.6 is 11.6 Å². The zero-order chi connectivity index (χ0) is 12.3. The quantitative estimate of drug-likeness (QED) is 0.604. The summed E-state index contributed by atoms with van der Waals surface area (Å²) in [5.41, 5.74) is 2.04. The molecule has 2 rings (SSSR count). The van der Waals surface area contributed by atoms with Gasteiger partial charge in [0.1, 0.15) is 5.69 Å². The van der Waals surface area contributed by atoms with Gasteiger partial charge in [0.2, 0.25) is 0 Å². The van der Waals surface area contributed by atoms with Crippen LogP contribution in [0, 0.1) is 12.1 Å². The van der Waals surface area contributed by atoms with Gasteiger partial charge >= 0.3 is 6.33 Å². The summed E-state index contributed by atoms with van der Waals surface area (Å²) in [4.78, 5) is 0. The van der Waals surface area contributed by atoms with Crippen molar-refractivity contribution in [2.45, 2.75) is 6.92 Å². The van der Waals surface area contributed by atoms with Crippen LogP contribution in [-0.2, 0) is 0 Å². The molecule has 0 unspecified atom stereocenters. The molecule has 0 saturated carbocycles. The van der Waals surface area contributed by atoms with Crippen molar-refractivity contribution in [1.29, 1.82) is 0 Å². The molecule has 1 heterocycles. The molecule has 0 saturated heterocycles. The van der Waals surface area contributed by atoms with Gasteiger partial charge < -0.3 is 5.21 Å². The minimum absolute atomic E-state index is 0.481. The van der Waals surface area contributed by atoms with E-state index in [-0.39, 0.29) is 0 Å². The molecule has 0 radical (unpaired) electrons. The summed E-state index contributed by atoms with van der Waals surface area (Å²) in [5.74, 6) is 0. The first-order chi connectivity index (χ1) is 8.16. The van der Waals surface area contributed by atoms with E-state index >= 15 is 0 Å². The van der Waals surface area contributed by atoms with Gasteiger partial charge in [-0.2, -0.15) is 0 Å². The van der Waals surface area contributed by atoms with Crippen LogP contribution in [0.2, 0.25) is 5.02 Å². The van der Waals surface area contributed by atoms with Crippen molar-refractivity contribution in [2.75, 3.05) is 0 Å². The fraction of sp³-hybridized carbons (Fsp3) is 0.0833. The molecule has 0 aliphatic carbocycles. The molecule has 1 aromatic carbocycles. The highest BCUT2D eigenvalue weighted by Crippen LogP contribution is 2.12. The van der Waals surface area contributed by atoms with Gasteiger partial charge in [-0.1, -0.05) is 29.8 Å². The van der Waals surface area contributed by atoms with Crippen LogP contribution in [-0.4, -0.2) is 10.2 Å². The summed E-state index contributed by atoms with van der Waals surface area (Å²) in [6.07, 6.45) is 4.67. The van der Waals surface area contributed by atoms with Crippen molar-refractivity contribution in [3.8, 4) is 0 Å². The monoisotopic (exact) mass is 247 g/mol. The lowest BCUT2D eigenvalue weighted by Crippen LogP contribution is -2.32. The SMILES string of the molecule is Cc1nnc[n+]([O-])c1/C=C/c1ccc(Cl)cc1. The van der Waals surface area contributed by atoms with E-state index in [1.54, 1.807) is 25.1 Å². The van der Waals surface area contributed by atoms with Crippen LogP contribution in [0.15, 0.2) is 30.6 Å². The van der Waals surface area contributed by atoms with Crippen molar-refractivity contribution in [2.24, 2.45) is 0 Å². The third kappa shape index (κ3) is 2.79. The van der Waals surface area contributed by atoms with Gasteiger partial charge in [-0.05, 0) is 35.8 Å². The topological polar surface area (TPSA) is 52.7 Å². The molecule has 17 heavy (non-hydrogen) atoms. The number of hydrogen-bond acceptors (Lipinski definition) is 3. The van der Waals surface area contributed by atoms with Crippen molar-refractivity contribution in [1.82, 2.24) is 10.2 Å².